The highest BCUT2D eigenvalue weighted by Crippen LogP contribution is 2.41. The smallest absolute Gasteiger partial charge is 0.137 e. The minimum atomic E-state index is -0.326. The first-order valence-corrected chi connectivity index (χ1v) is 10.1. The molecule has 1 aliphatic carbocycles. The molecular formula is C23H26N4O. The lowest BCUT2D eigenvalue weighted by molar-refractivity contribution is 0.0304. The monoisotopic (exact) mass is 374 g/mol. The molecule has 0 radical (unpaired) electrons. The van der Waals surface area contributed by atoms with Gasteiger partial charge >= 0.3 is 0 Å². The second-order valence-corrected chi connectivity index (χ2v) is 8.26. The van der Waals surface area contributed by atoms with Crippen LogP contribution in [0.3, 0.4) is 0 Å². The number of nitrogens with zero attached hydrogens (tertiary/aromatic N) is 4. The van der Waals surface area contributed by atoms with Crippen molar-refractivity contribution < 1.29 is 5.11 Å². The van der Waals surface area contributed by atoms with Crippen molar-refractivity contribution in [3.05, 3.63) is 72.8 Å². The minimum Gasteiger partial charge on any atom is -0.391 e. The molecule has 3 aromatic rings. The molecule has 1 aliphatic heterocycles. The summed E-state index contributed by atoms with van der Waals surface area (Å²) >= 11 is 0. The molecular weight excluding hydrogens is 348 g/mol. The summed E-state index contributed by atoms with van der Waals surface area (Å²) in [4.78, 5) is 6.59. The van der Waals surface area contributed by atoms with Gasteiger partial charge in [0.25, 0.3) is 0 Å². The quantitative estimate of drug-likeness (QED) is 0.761. The van der Waals surface area contributed by atoms with Crippen LogP contribution in [0.1, 0.15) is 24.4 Å². The van der Waals surface area contributed by atoms with Crippen molar-refractivity contribution in [1.82, 2.24) is 19.7 Å². The summed E-state index contributed by atoms with van der Waals surface area (Å²) < 4.78 is 1.84. The first kappa shape index (κ1) is 17.6. The van der Waals surface area contributed by atoms with E-state index in [4.69, 9.17) is 0 Å². The molecule has 0 spiro atoms. The molecule has 1 aromatic heterocycles. The summed E-state index contributed by atoms with van der Waals surface area (Å²) in [6.45, 7) is 3.15. The molecule has 2 fully saturated rings. The van der Waals surface area contributed by atoms with E-state index in [0.717, 1.165) is 32.5 Å². The Morgan fingerprint density at radius 1 is 0.893 bits per heavy atom. The number of aliphatic hydroxyl groups excluding tert-OH is 1. The third-order valence-electron chi connectivity index (χ3n) is 6.43. The van der Waals surface area contributed by atoms with Crippen LogP contribution >= 0.6 is 0 Å². The molecule has 144 valence electrons. The number of rotatable bonds is 4. The third kappa shape index (κ3) is 3.48. The van der Waals surface area contributed by atoms with Gasteiger partial charge in [0.2, 0.25) is 0 Å². The molecule has 28 heavy (non-hydrogen) atoms. The Hall–Kier alpha value is -2.50. The number of aromatic nitrogens is 3. The fraction of sp³-hybridized carbons (Fsp3) is 0.391. The Balaban J connectivity index is 1.23. The molecule has 4 atom stereocenters. The van der Waals surface area contributed by atoms with E-state index in [2.05, 4.69) is 69.6 Å². The van der Waals surface area contributed by atoms with Crippen LogP contribution in [0.25, 0.3) is 11.1 Å². The average Bonchev–Trinajstić information content (AvgIpc) is 3.38. The molecule has 1 saturated carbocycles. The predicted octanol–water partition coefficient (Wildman–Crippen LogP) is 3.39. The average molecular weight is 374 g/mol. The van der Waals surface area contributed by atoms with Gasteiger partial charge in [-0.15, -0.1) is 0 Å². The molecule has 0 bridgehead atoms. The summed E-state index contributed by atoms with van der Waals surface area (Å²) in [5.41, 5.74) is 3.87. The van der Waals surface area contributed by atoms with Crippen LogP contribution < -0.4 is 0 Å². The van der Waals surface area contributed by atoms with E-state index >= 15 is 0 Å². The van der Waals surface area contributed by atoms with Crippen molar-refractivity contribution in [1.29, 1.82) is 0 Å². The van der Waals surface area contributed by atoms with Crippen LogP contribution in [-0.4, -0.2) is 44.0 Å². The lowest BCUT2D eigenvalue weighted by Gasteiger charge is -2.35. The largest absolute Gasteiger partial charge is 0.391 e. The van der Waals surface area contributed by atoms with E-state index in [1.165, 1.54) is 16.7 Å². The van der Waals surface area contributed by atoms with Crippen LogP contribution in [-0.2, 0) is 6.54 Å². The summed E-state index contributed by atoms with van der Waals surface area (Å²) in [6.07, 6.45) is 4.80. The Bertz CT molecular complexity index is 894. The molecule has 1 N–H and O–H groups in total. The van der Waals surface area contributed by atoms with Gasteiger partial charge in [0, 0.05) is 19.6 Å². The predicted molar refractivity (Wildman–Crippen MR) is 108 cm³/mol. The summed E-state index contributed by atoms with van der Waals surface area (Å²) in [6, 6.07) is 19.5. The molecule has 0 amide bonds. The second-order valence-electron chi connectivity index (χ2n) is 8.26. The molecule has 2 aromatic carbocycles. The maximum atomic E-state index is 10.6. The Kier molecular flexibility index (Phi) is 4.71. The maximum absolute atomic E-state index is 10.6. The fourth-order valence-electron chi connectivity index (χ4n) is 5.00. The van der Waals surface area contributed by atoms with Gasteiger partial charge < -0.3 is 5.11 Å². The molecule has 5 rings (SSSR count). The van der Waals surface area contributed by atoms with Crippen LogP contribution in [0, 0.1) is 11.8 Å². The highest BCUT2D eigenvalue weighted by Gasteiger charge is 2.42. The van der Waals surface area contributed by atoms with Gasteiger partial charge in [-0.2, -0.15) is 5.10 Å². The second kappa shape index (κ2) is 7.49. The van der Waals surface area contributed by atoms with Crippen LogP contribution in [0.5, 0.6) is 0 Å². The SMILES string of the molecule is O[C@@H]1C[C@H]2CN(Cc3ccc(-c4ccccc4)cc3)C[C@H]2C[C@H]1n1cncn1. The van der Waals surface area contributed by atoms with Gasteiger partial charge in [-0.3, -0.25) is 4.90 Å². The summed E-state index contributed by atoms with van der Waals surface area (Å²) in [5, 5.41) is 14.9. The van der Waals surface area contributed by atoms with Crippen LogP contribution in [0.2, 0.25) is 0 Å². The lowest BCUT2D eigenvalue weighted by atomic mass is 9.77. The molecule has 0 unspecified atom stereocenters. The van der Waals surface area contributed by atoms with Gasteiger partial charge in [0.1, 0.15) is 12.7 Å². The van der Waals surface area contributed by atoms with Gasteiger partial charge in [0.15, 0.2) is 0 Å². The van der Waals surface area contributed by atoms with Crippen molar-refractivity contribution in [2.45, 2.75) is 31.5 Å². The van der Waals surface area contributed by atoms with Crippen molar-refractivity contribution in [3.8, 4) is 11.1 Å². The zero-order valence-electron chi connectivity index (χ0n) is 15.9. The number of hydrogen-bond donors (Lipinski definition) is 1. The Morgan fingerprint density at radius 3 is 2.32 bits per heavy atom. The molecule has 2 heterocycles. The first-order chi connectivity index (χ1) is 13.8. The van der Waals surface area contributed by atoms with E-state index in [1.54, 1.807) is 12.7 Å². The number of benzene rings is 2. The fourth-order valence-corrected chi connectivity index (χ4v) is 5.00. The number of likely N-dealkylation sites (tertiary alicyclic amines) is 1. The molecule has 5 heteroatoms. The highest BCUT2D eigenvalue weighted by molar-refractivity contribution is 5.63. The van der Waals surface area contributed by atoms with E-state index < -0.39 is 0 Å². The van der Waals surface area contributed by atoms with Gasteiger partial charge in [0.05, 0.1) is 12.1 Å². The van der Waals surface area contributed by atoms with Crippen LogP contribution in [0.4, 0.5) is 0 Å². The van der Waals surface area contributed by atoms with Crippen LogP contribution in [0.15, 0.2) is 67.3 Å². The van der Waals surface area contributed by atoms with Crippen molar-refractivity contribution in [2.24, 2.45) is 11.8 Å². The normalized spacial score (nSPS) is 27.6. The third-order valence-corrected chi connectivity index (χ3v) is 6.43. The van der Waals surface area contributed by atoms with E-state index in [9.17, 15) is 5.11 Å². The van der Waals surface area contributed by atoms with Gasteiger partial charge in [-0.25, -0.2) is 9.67 Å². The van der Waals surface area contributed by atoms with E-state index in [-0.39, 0.29) is 12.1 Å². The summed E-state index contributed by atoms with van der Waals surface area (Å²) in [7, 11) is 0. The van der Waals surface area contributed by atoms with Crippen molar-refractivity contribution >= 4 is 0 Å². The van der Waals surface area contributed by atoms with E-state index in [1.807, 2.05) is 4.68 Å². The van der Waals surface area contributed by atoms with Gasteiger partial charge in [-0.05, 0) is 41.4 Å². The number of hydrogen-bond acceptors (Lipinski definition) is 4. The maximum Gasteiger partial charge on any atom is 0.137 e. The Labute approximate surface area is 165 Å². The van der Waals surface area contributed by atoms with Crippen molar-refractivity contribution in [3.63, 3.8) is 0 Å². The number of aliphatic hydroxyl groups is 1. The number of fused-ring (bicyclic) bond motifs is 1. The zero-order valence-corrected chi connectivity index (χ0v) is 15.9. The highest BCUT2D eigenvalue weighted by atomic mass is 16.3. The standard InChI is InChI=1S/C23H26N4O/c28-23-11-21-14-26(13-20(21)10-22(23)27-16-24-15-25-27)12-17-6-8-19(9-7-17)18-4-2-1-3-5-18/h1-9,15-16,20-23,28H,10-14H2/t20-,21+,22-,23-/m1/s1. The lowest BCUT2D eigenvalue weighted by Crippen LogP contribution is -2.36. The minimum absolute atomic E-state index is 0.0638. The first-order valence-electron chi connectivity index (χ1n) is 10.1. The molecule has 5 nitrogen and oxygen atoms in total. The summed E-state index contributed by atoms with van der Waals surface area (Å²) in [5.74, 6) is 1.21. The Morgan fingerprint density at radius 2 is 1.61 bits per heavy atom. The molecule has 1 saturated heterocycles. The van der Waals surface area contributed by atoms with E-state index in [0.29, 0.717) is 11.8 Å². The van der Waals surface area contributed by atoms with Gasteiger partial charge in [-0.1, -0.05) is 54.6 Å². The molecule has 2 aliphatic rings. The topological polar surface area (TPSA) is 54.2 Å². The zero-order chi connectivity index (χ0) is 18.9. The van der Waals surface area contributed by atoms with Crippen molar-refractivity contribution in [2.75, 3.05) is 13.1 Å².